The van der Waals surface area contributed by atoms with Crippen molar-refractivity contribution in [1.82, 2.24) is 10.3 Å². The van der Waals surface area contributed by atoms with E-state index in [4.69, 9.17) is 14.2 Å². The summed E-state index contributed by atoms with van der Waals surface area (Å²) in [5.41, 5.74) is 3.11. The molecule has 1 atom stereocenters. The van der Waals surface area contributed by atoms with Crippen LogP contribution in [0.4, 0.5) is 0 Å². The topological polar surface area (TPSA) is 69.7 Å². The number of benzene rings is 2. The number of carbonyl (C=O) groups is 1. The Kier molecular flexibility index (Phi) is 8.08. The molecule has 6 nitrogen and oxygen atoms in total. The fraction of sp³-hybridized carbons (Fsp3) is 0.308. The molecule has 0 saturated carbocycles. The summed E-state index contributed by atoms with van der Waals surface area (Å²) in [6, 6.07) is 17.1. The molecule has 0 saturated heterocycles. The van der Waals surface area contributed by atoms with Crippen molar-refractivity contribution in [2.75, 3.05) is 13.7 Å². The Balaban J connectivity index is 1.56. The first kappa shape index (κ1) is 23.1. The van der Waals surface area contributed by atoms with Gasteiger partial charge in [0, 0.05) is 12.4 Å². The minimum Gasteiger partial charge on any atom is -0.493 e. The number of ether oxygens (including phenoxy) is 3. The van der Waals surface area contributed by atoms with Gasteiger partial charge in [0.25, 0.3) is 5.91 Å². The first-order valence-electron chi connectivity index (χ1n) is 10.7. The van der Waals surface area contributed by atoms with Gasteiger partial charge in [0.05, 0.1) is 13.2 Å². The molecular weight excluding hydrogens is 404 g/mol. The number of nitrogens with zero attached hydrogens (tertiary/aromatic N) is 1. The van der Waals surface area contributed by atoms with E-state index in [-0.39, 0.29) is 18.6 Å². The van der Waals surface area contributed by atoms with Crippen LogP contribution in [0.25, 0.3) is 0 Å². The summed E-state index contributed by atoms with van der Waals surface area (Å²) in [6.07, 6.45) is 3.46. The smallest absolute Gasteiger partial charge is 0.258 e. The zero-order valence-corrected chi connectivity index (χ0v) is 19.0. The van der Waals surface area contributed by atoms with Gasteiger partial charge in [-0.2, -0.15) is 0 Å². The van der Waals surface area contributed by atoms with Gasteiger partial charge in [-0.25, -0.2) is 0 Å². The van der Waals surface area contributed by atoms with E-state index >= 15 is 0 Å². The van der Waals surface area contributed by atoms with Crippen molar-refractivity contribution in [2.24, 2.45) is 0 Å². The third-order valence-corrected chi connectivity index (χ3v) is 5.10. The maximum absolute atomic E-state index is 12.4. The fourth-order valence-electron chi connectivity index (χ4n) is 3.19. The molecular formula is C26H30N2O4. The second kappa shape index (κ2) is 11.2. The standard InChI is InChI=1S/C26H30N2O4/c1-18(2)21-6-5-7-23(14-21)31-17-26(29)28-19(3)22-8-9-24(25(15-22)30-4)32-16-20-10-12-27-13-11-20/h5-15,18-19H,16-17H2,1-4H3,(H,28,29). The molecule has 168 valence electrons. The van der Waals surface area contributed by atoms with Crippen molar-refractivity contribution in [2.45, 2.75) is 39.3 Å². The van der Waals surface area contributed by atoms with E-state index in [2.05, 4.69) is 30.2 Å². The maximum Gasteiger partial charge on any atom is 0.258 e. The molecule has 0 spiro atoms. The van der Waals surface area contributed by atoms with E-state index in [1.54, 1.807) is 19.5 Å². The minimum absolute atomic E-state index is 0.0455. The Morgan fingerprint density at radius 2 is 1.72 bits per heavy atom. The lowest BCUT2D eigenvalue weighted by Crippen LogP contribution is -2.31. The molecule has 3 rings (SSSR count). The highest BCUT2D eigenvalue weighted by Gasteiger charge is 2.14. The van der Waals surface area contributed by atoms with Crippen LogP contribution in [0.15, 0.2) is 67.0 Å². The molecule has 2 aromatic carbocycles. The number of rotatable bonds is 10. The monoisotopic (exact) mass is 434 g/mol. The number of carbonyl (C=O) groups excluding carboxylic acids is 1. The zero-order valence-electron chi connectivity index (χ0n) is 19.0. The lowest BCUT2D eigenvalue weighted by Gasteiger charge is -2.17. The number of pyridine rings is 1. The predicted octanol–water partition coefficient (Wildman–Crippen LogP) is 5.05. The van der Waals surface area contributed by atoms with Crippen LogP contribution in [-0.4, -0.2) is 24.6 Å². The highest BCUT2D eigenvalue weighted by Crippen LogP contribution is 2.31. The minimum atomic E-state index is -0.212. The SMILES string of the molecule is COc1cc(C(C)NC(=O)COc2cccc(C(C)C)c2)ccc1OCc1ccncc1. The molecule has 1 unspecified atom stereocenters. The third-order valence-electron chi connectivity index (χ3n) is 5.10. The van der Waals surface area contributed by atoms with Gasteiger partial charge in [-0.1, -0.05) is 32.0 Å². The summed E-state index contributed by atoms with van der Waals surface area (Å²) < 4.78 is 17.0. The zero-order chi connectivity index (χ0) is 22.9. The highest BCUT2D eigenvalue weighted by atomic mass is 16.5. The fourth-order valence-corrected chi connectivity index (χ4v) is 3.19. The van der Waals surface area contributed by atoms with E-state index in [0.717, 1.165) is 11.1 Å². The van der Waals surface area contributed by atoms with Crippen molar-refractivity contribution in [1.29, 1.82) is 0 Å². The lowest BCUT2D eigenvalue weighted by molar-refractivity contribution is -0.123. The normalized spacial score (nSPS) is 11.7. The first-order valence-corrected chi connectivity index (χ1v) is 10.7. The van der Waals surface area contributed by atoms with Crippen LogP contribution in [0.1, 0.15) is 49.4 Å². The third kappa shape index (κ3) is 6.48. The quantitative estimate of drug-likeness (QED) is 0.484. The van der Waals surface area contributed by atoms with Crippen LogP contribution < -0.4 is 19.5 Å². The highest BCUT2D eigenvalue weighted by molar-refractivity contribution is 5.78. The van der Waals surface area contributed by atoms with Crippen LogP contribution in [0.3, 0.4) is 0 Å². The van der Waals surface area contributed by atoms with E-state index in [0.29, 0.717) is 29.8 Å². The van der Waals surface area contributed by atoms with E-state index < -0.39 is 0 Å². The molecule has 1 N–H and O–H groups in total. The second-order valence-corrected chi connectivity index (χ2v) is 7.86. The molecule has 0 aliphatic rings. The second-order valence-electron chi connectivity index (χ2n) is 7.86. The van der Waals surface area contributed by atoms with Gasteiger partial charge >= 0.3 is 0 Å². The van der Waals surface area contributed by atoms with Gasteiger partial charge in [-0.3, -0.25) is 9.78 Å². The van der Waals surface area contributed by atoms with E-state index in [9.17, 15) is 4.79 Å². The summed E-state index contributed by atoms with van der Waals surface area (Å²) in [5, 5.41) is 2.97. The summed E-state index contributed by atoms with van der Waals surface area (Å²) in [5.74, 6) is 2.15. The predicted molar refractivity (Wildman–Crippen MR) is 124 cm³/mol. The molecule has 6 heteroatoms. The number of amides is 1. The molecule has 1 heterocycles. The van der Waals surface area contributed by atoms with E-state index in [1.807, 2.05) is 55.5 Å². The average molecular weight is 435 g/mol. The van der Waals surface area contributed by atoms with Crippen molar-refractivity contribution < 1.29 is 19.0 Å². The molecule has 0 aliphatic carbocycles. The molecule has 3 aromatic rings. The van der Waals surface area contributed by atoms with Gasteiger partial charge < -0.3 is 19.5 Å². The number of methoxy groups -OCH3 is 1. The Bertz CT molecular complexity index is 1020. The largest absolute Gasteiger partial charge is 0.493 e. The van der Waals surface area contributed by atoms with Gasteiger partial charge in [0.1, 0.15) is 12.4 Å². The van der Waals surface area contributed by atoms with Crippen LogP contribution >= 0.6 is 0 Å². The summed E-state index contributed by atoms with van der Waals surface area (Å²) in [7, 11) is 1.60. The van der Waals surface area contributed by atoms with Crippen LogP contribution in [0.5, 0.6) is 17.2 Å². The Labute approximate surface area is 189 Å². The lowest BCUT2D eigenvalue weighted by atomic mass is 10.0. The maximum atomic E-state index is 12.4. The number of aromatic nitrogens is 1. The molecule has 32 heavy (non-hydrogen) atoms. The van der Waals surface area contributed by atoms with Crippen LogP contribution in [0.2, 0.25) is 0 Å². The first-order chi connectivity index (χ1) is 15.5. The summed E-state index contributed by atoms with van der Waals surface area (Å²) in [4.78, 5) is 16.4. The average Bonchev–Trinajstić information content (AvgIpc) is 2.82. The van der Waals surface area contributed by atoms with E-state index in [1.165, 1.54) is 5.56 Å². The summed E-state index contributed by atoms with van der Waals surface area (Å²) >= 11 is 0. The Morgan fingerprint density at radius 1 is 0.938 bits per heavy atom. The van der Waals surface area contributed by atoms with Gasteiger partial charge in [0.2, 0.25) is 0 Å². The van der Waals surface area contributed by atoms with Crippen molar-refractivity contribution >= 4 is 5.91 Å². The number of hydrogen-bond acceptors (Lipinski definition) is 5. The van der Waals surface area contributed by atoms with Crippen molar-refractivity contribution in [3.8, 4) is 17.2 Å². The van der Waals surface area contributed by atoms with Crippen molar-refractivity contribution in [3.05, 3.63) is 83.7 Å². The molecule has 0 fully saturated rings. The molecule has 1 amide bonds. The molecule has 0 aliphatic heterocycles. The number of nitrogens with one attached hydrogen (secondary N) is 1. The van der Waals surface area contributed by atoms with Gasteiger partial charge in [0.15, 0.2) is 18.1 Å². The van der Waals surface area contributed by atoms with Gasteiger partial charge in [-0.15, -0.1) is 0 Å². The number of hydrogen-bond donors (Lipinski definition) is 1. The summed E-state index contributed by atoms with van der Waals surface area (Å²) in [6.45, 7) is 6.54. The van der Waals surface area contributed by atoms with Crippen molar-refractivity contribution in [3.63, 3.8) is 0 Å². The van der Waals surface area contributed by atoms with Gasteiger partial charge in [-0.05, 0) is 65.9 Å². The van der Waals surface area contributed by atoms with Crippen LogP contribution in [0, 0.1) is 0 Å². The molecule has 0 bridgehead atoms. The molecule has 0 radical (unpaired) electrons. The molecule has 1 aromatic heterocycles. The Hall–Kier alpha value is -3.54. The van der Waals surface area contributed by atoms with Crippen LogP contribution in [-0.2, 0) is 11.4 Å². The Morgan fingerprint density at radius 3 is 2.44 bits per heavy atom.